The maximum atomic E-state index is 13.0. The summed E-state index contributed by atoms with van der Waals surface area (Å²) in [6.07, 6.45) is 1.53. The van der Waals surface area contributed by atoms with Crippen LogP contribution in [0.3, 0.4) is 0 Å². The Morgan fingerprint density at radius 2 is 2.00 bits per heavy atom. The standard InChI is InChI=1S/C23H24N2O3/c1-16(21-14-18-8-3-4-10-20(18)28-21)24(2)23(27)19-9-5-7-17(13-19)15-25-12-6-11-22(25)26/h3-5,7-10,13-14,16H,6,11-12,15H2,1-2H3/t16-/m1/s1. The van der Waals surface area contributed by atoms with Gasteiger partial charge in [0.1, 0.15) is 11.3 Å². The van der Waals surface area contributed by atoms with Crippen molar-refractivity contribution in [3.05, 3.63) is 71.5 Å². The Hall–Kier alpha value is -3.08. The Bertz CT molecular complexity index is 990. The molecule has 1 fully saturated rings. The van der Waals surface area contributed by atoms with E-state index in [9.17, 15) is 9.59 Å². The third kappa shape index (κ3) is 3.52. The lowest BCUT2D eigenvalue weighted by molar-refractivity contribution is -0.128. The van der Waals surface area contributed by atoms with Crippen LogP contribution in [0.5, 0.6) is 0 Å². The molecule has 2 heterocycles. The summed E-state index contributed by atoms with van der Waals surface area (Å²) < 4.78 is 5.92. The van der Waals surface area contributed by atoms with Gasteiger partial charge in [-0.25, -0.2) is 0 Å². The molecule has 1 aromatic heterocycles. The van der Waals surface area contributed by atoms with Crippen LogP contribution in [0.4, 0.5) is 0 Å². The molecule has 1 aliphatic rings. The molecule has 0 spiro atoms. The van der Waals surface area contributed by atoms with Crippen LogP contribution < -0.4 is 0 Å². The van der Waals surface area contributed by atoms with E-state index < -0.39 is 0 Å². The number of hydrogen-bond donors (Lipinski definition) is 0. The first-order valence-electron chi connectivity index (χ1n) is 9.65. The van der Waals surface area contributed by atoms with Crippen LogP contribution in [0.25, 0.3) is 11.0 Å². The minimum absolute atomic E-state index is 0.0671. The van der Waals surface area contributed by atoms with E-state index in [4.69, 9.17) is 4.42 Å². The molecule has 0 unspecified atom stereocenters. The fourth-order valence-corrected chi connectivity index (χ4v) is 3.67. The Balaban J connectivity index is 1.51. The highest BCUT2D eigenvalue weighted by atomic mass is 16.3. The van der Waals surface area contributed by atoms with Crippen molar-refractivity contribution in [2.45, 2.75) is 32.4 Å². The molecule has 0 N–H and O–H groups in total. The van der Waals surface area contributed by atoms with Crippen LogP contribution in [0.1, 0.15) is 47.5 Å². The van der Waals surface area contributed by atoms with Crippen molar-refractivity contribution in [1.82, 2.24) is 9.80 Å². The summed E-state index contributed by atoms with van der Waals surface area (Å²) in [4.78, 5) is 28.4. The second-order valence-electron chi connectivity index (χ2n) is 7.40. The fraction of sp³-hybridized carbons (Fsp3) is 0.304. The molecule has 1 saturated heterocycles. The topological polar surface area (TPSA) is 53.8 Å². The van der Waals surface area contributed by atoms with E-state index >= 15 is 0 Å². The second-order valence-corrected chi connectivity index (χ2v) is 7.40. The van der Waals surface area contributed by atoms with Crippen LogP contribution >= 0.6 is 0 Å². The number of carbonyl (C=O) groups is 2. The number of rotatable bonds is 5. The summed E-state index contributed by atoms with van der Waals surface area (Å²) in [5.41, 5.74) is 2.42. The molecule has 28 heavy (non-hydrogen) atoms. The molecule has 0 radical (unpaired) electrons. The van der Waals surface area contributed by atoms with E-state index in [-0.39, 0.29) is 17.9 Å². The first kappa shape index (κ1) is 18.3. The van der Waals surface area contributed by atoms with Crippen molar-refractivity contribution in [3.8, 4) is 0 Å². The smallest absolute Gasteiger partial charge is 0.254 e. The Morgan fingerprint density at radius 3 is 2.75 bits per heavy atom. The zero-order valence-electron chi connectivity index (χ0n) is 16.2. The molecule has 0 bridgehead atoms. The lowest BCUT2D eigenvalue weighted by Gasteiger charge is -2.24. The van der Waals surface area contributed by atoms with Gasteiger partial charge in [0.25, 0.3) is 5.91 Å². The number of likely N-dealkylation sites (tertiary alicyclic amines) is 1. The molecule has 0 aliphatic carbocycles. The molecule has 3 aromatic rings. The quantitative estimate of drug-likeness (QED) is 0.664. The Morgan fingerprint density at radius 1 is 1.18 bits per heavy atom. The number of carbonyl (C=O) groups excluding carboxylic acids is 2. The minimum atomic E-state index is -0.191. The van der Waals surface area contributed by atoms with E-state index in [0.29, 0.717) is 18.5 Å². The zero-order chi connectivity index (χ0) is 19.7. The molecule has 0 saturated carbocycles. The highest BCUT2D eigenvalue weighted by Gasteiger charge is 2.23. The van der Waals surface area contributed by atoms with E-state index in [1.54, 1.807) is 11.9 Å². The van der Waals surface area contributed by atoms with E-state index in [2.05, 4.69) is 0 Å². The normalized spacial score (nSPS) is 15.2. The fourth-order valence-electron chi connectivity index (χ4n) is 3.67. The van der Waals surface area contributed by atoms with E-state index in [0.717, 1.165) is 35.3 Å². The number of fused-ring (bicyclic) bond motifs is 1. The van der Waals surface area contributed by atoms with Crippen molar-refractivity contribution >= 4 is 22.8 Å². The molecule has 2 aromatic carbocycles. The van der Waals surface area contributed by atoms with Crippen LogP contribution in [-0.2, 0) is 11.3 Å². The van der Waals surface area contributed by atoms with Crippen molar-refractivity contribution in [3.63, 3.8) is 0 Å². The maximum Gasteiger partial charge on any atom is 0.254 e. The van der Waals surface area contributed by atoms with Gasteiger partial charge in [-0.3, -0.25) is 9.59 Å². The van der Waals surface area contributed by atoms with Crippen molar-refractivity contribution in [2.24, 2.45) is 0 Å². The summed E-state index contributed by atoms with van der Waals surface area (Å²) in [6, 6.07) is 17.2. The van der Waals surface area contributed by atoms with Gasteiger partial charge >= 0.3 is 0 Å². The van der Waals surface area contributed by atoms with Crippen molar-refractivity contribution < 1.29 is 14.0 Å². The third-order valence-electron chi connectivity index (χ3n) is 5.48. The number of para-hydroxylation sites is 1. The lowest BCUT2D eigenvalue weighted by Crippen LogP contribution is -2.29. The number of benzene rings is 2. The molecule has 1 atom stereocenters. The monoisotopic (exact) mass is 376 g/mol. The van der Waals surface area contributed by atoms with Gasteiger partial charge in [-0.1, -0.05) is 30.3 Å². The summed E-state index contributed by atoms with van der Waals surface area (Å²) in [5.74, 6) is 0.880. The van der Waals surface area contributed by atoms with Gasteiger partial charge in [-0.15, -0.1) is 0 Å². The number of furan rings is 1. The van der Waals surface area contributed by atoms with Crippen molar-refractivity contribution in [1.29, 1.82) is 0 Å². The molecular formula is C23H24N2O3. The number of hydrogen-bond acceptors (Lipinski definition) is 3. The second kappa shape index (κ2) is 7.50. The average molecular weight is 376 g/mol. The summed E-state index contributed by atoms with van der Waals surface area (Å²) in [7, 11) is 1.79. The molecule has 5 heteroatoms. The van der Waals surface area contributed by atoms with Gasteiger partial charge in [-0.2, -0.15) is 0 Å². The van der Waals surface area contributed by atoms with Gasteiger partial charge in [0.15, 0.2) is 0 Å². The summed E-state index contributed by atoms with van der Waals surface area (Å²) >= 11 is 0. The SMILES string of the molecule is C[C@H](c1cc2ccccc2o1)N(C)C(=O)c1cccc(CN2CCCC2=O)c1. The molecular weight excluding hydrogens is 352 g/mol. The summed E-state index contributed by atoms with van der Waals surface area (Å²) in [6.45, 7) is 3.31. The van der Waals surface area contributed by atoms with E-state index in [1.165, 1.54) is 0 Å². The number of amides is 2. The van der Waals surface area contributed by atoms with Crippen LogP contribution in [0.15, 0.2) is 59.0 Å². The van der Waals surface area contributed by atoms with Crippen LogP contribution in [0, 0.1) is 0 Å². The Kier molecular flexibility index (Phi) is 4.90. The predicted molar refractivity (Wildman–Crippen MR) is 108 cm³/mol. The molecule has 4 rings (SSSR count). The highest BCUT2D eigenvalue weighted by molar-refractivity contribution is 5.94. The van der Waals surface area contributed by atoms with Gasteiger partial charge in [0.05, 0.1) is 6.04 Å². The van der Waals surface area contributed by atoms with E-state index in [1.807, 2.05) is 66.4 Å². The van der Waals surface area contributed by atoms with Gasteiger partial charge < -0.3 is 14.2 Å². The lowest BCUT2D eigenvalue weighted by atomic mass is 10.1. The minimum Gasteiger partial charge on any atom is -0.459 e. The van der Waals surface area contributed by atoms with Crippen LogP contribution in [-0.4, -0.2) is 35.2 Å². The van der Waals surface area contributed by atoms with Crippen molar-refractivity contribution in [2.75, 3.05) is 13.6 Å². The summed E-state index contributed by atoms with van der Waals surface area (Å²) in [5, 5.41) is 1.03. The number of nitrogens with zero attached hydrogens (tertiary/aromatic N) is 2. The van der Waals surface area contributed by atoms with Gasteiger partial charge in [-0.05, 0) is 43.2 Å². The largest absolute Gasteiger partial charge is 0.459 e. The maximum absolute atomic E-state index is 13.0. The molecule has 5 nitrogen and oxygen atoms in total. The average Bonchev–Trinajstić information content (AvgIpc) is 3.32. The zero-order valence-corrected chi connectivity index (χ0v) is 16.2. The van der Waals surface area contributed by atoms with Gasteiger partial charge in [0, 0.05) is 37.5 Å². The molecule has 144 valence electrons. The molecule has 1 aliphatic heterocycles. The highest BCUT2D eigenvalue weighted by Crippen LogP contribution is 2.27. The Labute approximate surface area is 164 Å². The van der Waals surface area contributed by atoms with Crippen LogP contribution in [0.2, 0.25) is 0 Å². The predicted octanol–water partition coefficient (Wildman–Crippen LogP) is 4.39. The van der Waals surface area contributed by atoms with Gasteiger partial charge in [0.2, 0.25) is 5.91 Å². The first-order chi connectivity index (χ1) is 13.5. The first-order valence-corrected chi connectivity index (χ1v) is 9.65. The third-order valence-corrected chi connectivity index (χ3v) is 5.48. The molecule has 2 amide bonds.